The molecule has 1 saturated heterocycles. The molecule has 1 fully saturated rings. The van der Waals surface area contributed by atoms with E-state index < -0.39 is 0 Å². The highest BCUT2D eigenvalue weighted by Gasteiger charge is 2.47. The van der Waals surface area contributed by atoms with E-state index in [1.165, 1.54) is 29.2 Å². The topological polar surface area (TPSA) is 83.0 Å². The van der Waals surface area contributed by atoms with Crippen LogP contribution in [0.25, 0.3) is 21.0 Å². The van der Waals surface area contributed by atoms with E-state index in [4.69, 9.17) is 21.0 Å². The van der Waals surface area contributed by atoms with Gasteiger partial charge >= 0.3 is 6.03 Å². The average molecular weight is 573 g/mol. The molecule has 10 heteroatoms. The molecule has 2 aliphatic rings. The van der Waals surface area contributed by atoms with Crippen LogP contribution in [0.15, 0.2) is 60.8 Å². The van der Waals surface area contributed by atoms with E-state index in [9.17, 15) is 9.18 Å². The van der Waals surface area contributed by atoms with Gasteiger partial charge in [-0.05, 0) is 97.1 Å². The first kappa shape index (κ1) is 25.3. The Labute approximate surface area is 239 Å². The van der Waals surface area contributed by atoms with E-state index in [0.29, 0.717) is 24.7 Å². The standard InChI is InChI=1S/C30H26ClFN6OS/c31-26-13-18(7-10-34-26)16-35-29(39)38-17-30(8-11-33-12-9-30)28-24(38)5-6-25-27(28)23(37-40-25)15-21-3-1-19-14-20(32)2-4-22(19)36-21/h1-7,10,13-14,33H,8-9,11-12,15-17H2,(H,35,39). The maximum Gasteiger partial charge on any atom is 0.322 e. The molecule has 202 valence electrons. The summed E-state index contributed by atoms with van der Waals surface area (Å²) in [7, 11) is 0. The zero-order valence-electron chi connectivity index (χ0n) is 21.6. The van der Waals surface area contributed by atoms with Crippen molar-refractivity contribution in [3.8, 4) is 0 Å². The summed E-state index contributed by atoms with van der Waals surface area (Å²) in [6.07, 6.45) is 4.09. The highest BCUT2D eigenvalue weighted by molar-refractivity contribution is 7.13. The number of amides is 2. The van der Waals surface area contributed by atoms with Gasteiger partial charge in [-0.15, -0.1) is 0 Å². The van der Waals surface area contributed by atoms with Crippen molar-refractivity contribution in [3.05, 3.63) is 94.3 Å². The number of hydrogen-bond acceptors (Lipinski definition) is 6. The lowest BCUT2D eigenvalue weighted by atomic mass is 9.73. The fourth-order valence-electron chi connectivity index (χ4n) is 6.16. The number of carbonyl (C=O) groups is 1. The second-order valence-corrected chi connectivity index (χ2v) is 11.7. The van der Waals surface area contributed by atoms with Crippen molar-refractivity contribution in [2.24, 2.45) is 0 Å². The van der Waals surface area contributed by atoms with Crippen molar-refractivity contribution in [3.63, 3.8) is 0 Å². The van der Waals surface area contributed by atoms with E-state index in [0.717, 1.165) is 69.6 Å². The summed E-state index contributed by atoms with van der Waals surface area (Å²) >= 11 is 7.53. The van der Waals surface area contributed by atoms with E-state index in [1.807, 2.05) is 23.1 Å². The number of nitrogens with one attached hydrogen (secondary N) is 2. The highest BCUT2D eigenvalue weighted by Crippen LogP contribution is 2.50. The Morgan fingerprint density at radius 2 is 2.00 bits per heavy atom. The first-order valence-electron chi connectivity index (χ1n) is 13.3. The number of aromatic nitrogens is 3. The van der Waals surface area contributed by atoms with Gasteiger partial charge in [0.25, 0.3) is 0 Å². The zero-order valence-corrected chi connectivity index (χ0v) is 23.2. The lowest BCUT2D eigenvalue weighted by Crippen LogP contribution is -2.46. The Bertz CT molecular complexity index is 1770. The van der Waals surface area contributed by atoms with Crippen molar-refractivity contribution in [2.75, 3.05) is 24.5 Å². The summed E-state index contributed by atoms with van der Waals surface area (Å²) in [5.41, 5.74) is 5.53. The van der Waals surface area contributed by atoms with E-state index in [2.05, 4.69) is 27.8 Å². The van der Waals surface area contributed by atoms with Gasteiger partial charge < -0.3 is 10.6 Å². The van der Waals surface area contributed by atoms with Crippen LogP contribution in [-0.2, 0) is 18.4 Å². The second-order valence-electron chi connectivity index (χ2n) is 10.5. The molecule has 7 nitrogen and oxygen atoms in total. The molecule has 0 saturated carbocycles. The number of piperidine rings is 1. The third-order valence-electron chi connectivity index (χ3n) is 8.07. The molecule has 0 atom stereocenters. The molecule has 0 aliphatic carbocycles. The number of urea groups is 1. The van der Waals surface area contributed by atoms with Gasteiger partial charge in [-0.1, -0.05) is 17.7 Å². The number of anilines is 1. The number of hydrogen-bond donors (Lipinski definition) is 2. The van der Waals surface area contributed by atoms with Crippen LogP contribution in [0.5, 0.6) is 0 Å². The molecule has 5 aromatic rings. The summed E-state index contributed by atoms with van der Waals surface area (Å²) in [6, 6.07) is 16.1. The summed E-state index contributed by atoms with van der Waals surface area (Å²) in [5.74, 6) is -0.270. The van der Waals surface area contributed by atoms with Crippen LogP contribution in [0.4, 0.5) is 14.9 Å². The number of carbonyl (C=O) groups excluding carboxylic acids is 1. The molecule has 2 aromatic carbocycles. The fourth-order valence-corrected chi connectivity index (χ4v) is 7.16. The highest BCUT2D eigenvalue weighted by atomic mass is 35.5. The van der Waals surface area contributed by atoms with Crippen LogP contribution in [0.3, 0.4) is 0 Å². The normalized spacial score (nSPS) is 16.1. The number of nitrogens with zero attached hydrogens (tertiary/aromatic N) is 4. The van der Waals surface area contributed by atoms with Crippen LogP contribution in [-0.4, -0.2) is 40.0 Å². The predicted molar refractivity (Wildman–Crippen MR) is 157 cm³/mol. The molecule has 3 aromatic heterocycles. The Hall–Kier alpha value is -3.66. The zero-order chi connectivity index (χ0) is 27.3. The van der Waals surface area contributed by atoms with Gasteiger partial charge in [-0.25, -0.2) is 14.2 Å². The van der Waals surface area contributed by atoms with Crippen LogP contribution in [0.2, 0.25) is 5.15 Å². The van der Waals surface area contributed by atoms with E-state index in [-0.39, 0.29) is 17.3 Å². The van der Waals surface area contributed by atoms with Gasteiger partial charge in [-0.3, -0.25) is 9.88 Å². The average Bonchev–Trinajstić information content (AvgIpc) is 3.51. The van der Waals surface area contributed by atoms with Gasteiger partial charge in [0.2, 0.25) is 0 Å². The SMILES string of the molecule is O=C(NCc1ccnc(Cl)c1)N1CC2(CCNCC2)c2c1ccc1snc(Cc3ccc4cc(F)ccc4n3)c21. The summed E-state index contributed by atoms with van der Waals surface area (Å²) in [6.45, 7) is 2.79. The monoisotopic (exact) mass is 572 g/mol. The second kappa shape index (κ2) is 10.1. The number of halogens is 2. The lowest BCUT2D eigenvalue weighted by Gasteiger charge is -2.35. The minimum Gasteiger partial charge on any atom is -0.334 e. The Morgan fingerprint density at radius 3 is 2.85 bits per heavy atom. The number of benzene rings is 2. The molecular weight excluding hydrogens is 547 g/mol. The molecule has 7 rings (SSSR count). The van der Waals surface area contributed by atoms with Gasteiger partial charge in [0, 0.05) is 47.6 Å². The number of fused-ring (bicyclic) bond motifs is 5. The number of pyridine rings is 2. The molecule has 5 heterocycles. The Balaban J connectivity index is 1.26. The quantitative estimate of drug-likeness (QED) is 0.259. The third kappa shape index (κ3) is 4.48. The molecule has 0 unspecified atom stereocenters. The third-order valence-corrected chi connectivity index (χ3v) is 9.12. The van der Waals surface area contributed by atoms with Crippen LogP contribution in [0.1, 0.15) is 35.4 Å². The van der Waals surface area contributed by atoms with Gasteiger partial charge in [-0.2, -0.15) is 4.37 Å². The maximum absolute atomic E-state index is 13.7. The Morgan fingerprint density at radius 1 is 1.12 bits per heavy atom. The van der Waals surface area contributed by atoms with Crippen molar-refractivity contribution in [1.82, 2.24) is 25.0 Å². The van der Waals surface area contributed by atoms with Crippen LogP contribution >= 0.6 is 23.1 Å². The summed E-state index contributed by atoms with van der Waals surface area (Å²) in [4.78, 5) is 24.3. The summed E-state index contributed by atoms with van der Waals surface area (Å²) < 4.78 is 19.7. The molecule has 2 aliphatic heterocycles. The fraction of sp³-hybridized carbons (Fsp3) is 0.267. The first-order chi connectivity index (χ1) is 19.5. The van der Waals surface area contributed by atoms with Crippen molar-refractivity contribution in [2.45, 2.75) is 31.2 Å². The molecule has 0 bridgehead atoms. The van der Waals surface area contributed by atoms with Gasteiger partial charge in [0.1, 0.15) is 11.0 Å². The largest absolute Gasteiger partial charge is 0.334 e. The van der Waals surface area contributed by atoms with E-state index in [1.54, 1.807) is 18.3 Å². The predicted octanol–water partition coefficient (Wildman–Crippen LogP) is 5.97. The molecule has 2 amide bonds. The Kier molecular flexibility index (Phi) is 6.37. The van der Waals surface area contributed by atoms with Crippen molar-refractivity contribution >= 4 is 55.8 Å². The minimum absolute atomic E-state index is 0.128. The van der Waals surface area contributed by atoms with Crippen molar-refractivity contribution < 1.29 is 9.18 Å². The van der Waals surface area contributed by atoms with Crippen LogP contribution in [0, 0.1) is 5.82 Å². The minimum atomic E-state index is -0.270. The van der Waals surface area contributed by atoms with E-state index >= 15 is 0 Å². The molecule has 1 spiro atoms. The van der Waals surface area contributed by atoms with Gasteiger partial charge in [0.15, 0.2) is 0 Å². The molecule has 0 radical (unpaired) electrons. The molecule has 2 N–H and O–H groups in total. The van der Waals surface area contributed by atoms with Gasteiger partial charge in [0.05, 0.1) is 21.6 Å². The van der Waals surface area contributed by atoms with Crippen molar-refractivity contribution in [1.29, 1.82) is 0 Å². The smallest absolute Gasteiger partial charge is 0.322 e. The maximum atomic E-state index is 13.7. The number of rotatable bonds is 4. The first-order valence-corrected chi connectivity index (χ1v) is 14.5. The van der Waals surface area contributed by atoms with Crippen LogP contribution < -0.4 is 15.5 Å². The summed E-state index contributed by atoms with van der Waals surface area (Å²) in [5, 5.41) is 8.89. The molecule has 40 heavy (non-hydrogen) atoms. The lowest BCUT2D eigenvalue weighted by molar-refractivity contribution is 0.243. The molecular formula is C30H26ClFN6OS.